The van der Waals surface area contributed by atoms with Crippen LogP contribution in [0.5, 0.6) is 0 Å². The van der Waals surface area contributed by atoms with Crippen LogP contribution in [0.2, 0.25) is 0 Å². The van der Waals surface area contributed by atoms with Crippen molar-refractivity contribution in [1.82, 2.24) is 15.0 Å². The van der Waals surface area contributed by atoms with Crippen LogP contribution in [0.3, 0.4) is 0 Å². The molecule has 116 valence electrons. The molecular weight excluding hydrogens is 277 g/mol. The van der Waals surface area contributed by atoms with Crippen molar-refractivity contribution >= 4 is 12.6 Å². The van der Waals surface area contributed by atoms with Crippen LogP contribution in [0, 0.1) is 6.92 Å². The highest BCUT2D eigenvalue weighted by molar-refractivity contribution is 6.62. The molecular formula is C16H22BN3O2. The van der Waals surface area contributed by atoms with Crippen LogP contribution >= 0.6 is 0 Å². The summed E-state index contributed by atoms with van der Waals surface area (Å²) in [6.45, 7) is 10.2. The quantitative estimate of drug-likeness (QED) is 0.797. The van der Waals surface area contributed by atoms with Crippen LogP contribution in [0.1, 0.15) is 33.4 Å². The summed E-state index contributed by atoms with van der Waals surface area (Å²) < 4.78 is 13.9. The first-order chi connectivity index (χ1) is 10.2. The van der Waals surface area contributed by atoms with E-state index in [9.17, 15) is 0 Å². The maximum Gasteiger partial charge on any atom is 0.494 e. The van der Waals surface area contributed by atoms with Crippen molar-refractivity contribution in [3.8, 4) is 11.3 Å². The van der Waals surface area contributed by atoms with E-state index in [0.29, 0.717) is 0 Å². The van der Waals surface area contributed by atoms with Crippen LogP contribution in [0.4, 0.5) is 0 Å². The second-order valence-electron chi connectivity index (χ2n) is 6.86. The lowest BCUT2D eigenvalue weighted by Crippen LogP contribution is -2.41. The van der Waals surface area contributed by atoms with Crippen LogP contribution in [-0.2, 0) is 16.4 Å². The van der Waals surface area contributed by atoms with Gasteiger partial charge in [-0.25, -0.2) is 4.68 Å². The van der Waals surface area contributed by atoms with E-state index in [1.54, 1.807) is 4.68 Å². The molecule has 0 N–H and O–H groups in total. The lowest BCUT2D eigenvalue weighted by molar-refractivity contribution is 0.00578. The Hall–Kier alpha value is -1.66. The molecule has 0 bridgehead atoms. The van der Waals surface area contributed by atoms with E-state index in [1.807, 2.05) is 26.1 Å². The van der Waals surface area contributed by atoms with Crippen molar-refractivity contribution < 1.29 is 9.31 Å². The smallest absolute Gasteiger partial charge is 0.399 e. The van der Waals surface area contributed by atoms with Gasteiger partial charge in [-0.3, -0.25) is 0 Å². The van der Waals surface area contributed by atoms with Gasteiger partial charge in [-0.15, -0.1) is 5.10 Å². The molecule has 0 radical (unpaired) electrons. The van der Waals surface area contributed by atoms with Crippen molar-refractivity contribution in [3.63, 3.8) is 0 Å². The Morgan fingerprint density at radius 2 is 1.55 bits per heavy atom. The zero-order valence-corrected chi connectivity index (χ0v) is 14.0. The van der Waals surface area contributed by atoms with E-state index < -0.39 is 0 Å². The third-order valence-corrected chi connectivity index (χ3v) is 4.70. The largest absolute Gasteiger partial charge is 0.494 e. The molecule has 6 heteroatoms. The zero-order valence-electron chi connectivity index (χ0n) is 14.0. The van der Waals surface area contributed by atoms with Gasteiger partial charge in [0.25, 0.3) is 0 Å². The first-order valence-corrected chi connectivity index (χ1v) is 7.53. The summed E-state index contributed by atoms with van der Waals surface area (Å²) >= 11 is 0. The summed E-state index contributed by atoms with van der Waals surface area (Å²) in [6, 6.07) is 8.21. The second kappa shape index (κ2) is 4.93. The summed E-state index contributed by atoms with van der Waals surface area (Å²) in [5, 5.41) is 8.14. The lowest BCUT2D eigenvalue weighted by atomic mass is 9.78. The van der Waals surface area contributed by atoms with Crippen molar-refractivity contribution in [2.75, 3.05) is 0 Å². The maximum atomic E-state index is 6.08. The minimum absolute atomic E-state index is 0.321. The molecule has 2 heterocycles. The molecule has 0 atom stereocenters. The molecule has 1 aliphatic rings. The average molecular weight is 299 g/mol. The van der Waals surface area contributed by atoms with E-state index in [2.05, 4.69) is 50.1 Å². The standard InChI is InChI=1S/C16H22BN3O2/c1-11-14(20(6)19-18-11)12-7-9-13(10-8-12)17-21-15(2,3)16(4,5)22-17/h7-10H,1-6H3. The molecule has 22 heavy (non-hydrogen) atoms. The molecule has 1 saturated heterocycles. The minimum Gasteiger partial charge on any atom is -0.399 e. The number of rotatable bonds is 2. The summed E-state index contributed by atoms with van der Waals surface area (Å²) in [5.41, 5.74) is 3.42. The highest BCUT2D eigenvalue weighted by Crippen LogP contribution is 2.36. The van der Waals surface area contributed by atoms with Gasteiger partial charge in [0.05, 0.1) is 22.6 Å². The molecule has 2 aromatic rings. The van der Waals surface area contributed by atoms with Crippen LogP contribution in [-0.4, -0.2) is 33.3 Å². The Morgan fingerprint density at radius 3 is 2.00 bits per heavy atom. The molecule has 0 unspecified atom stereocenters. The topological polar surface area (TPSA) is 49.2 Å². The molecule has 0 aliphatic carbocycles. The van der Waals surface area contributed by atoms with E-state index in [1.165, 1.54) is 0 Å². The fourth-order valence-electron chi connectivity index (χ4n) is 2.63. The fraction of sp³-hybridized carbons (Fsp3) is 0.500. The Labute approximate surface area is 131 Å². The first kappa shape index (κ1) is 15.2. The van der Waals surface area contributed by atoms with Gasteiger partial charge in [-0.2, -0.15) is 0 Å². The number of aromatic nitrogens is 3. The molecule has 1 aromatic heterocycles. The Bertz CT molecular complexity index is 656. The summed E-state index contributed by atoms with van der Waals surface area (Å²) in [4.78, 5) is 0. The Kier molecular flexibility index (Phi) is 3.42. The van der Waals surface area contributed by atoms with Gasteiger partial charge in [0.1, 0.15) is 0 Å². The third-order valence-electron chi connectivity index (χ3n) is 4.70. The van der Waals surface area contributed by atoms with Gasteiger partial charge >= 0.3 is 7.12 Å². The Balaban J connectivity index is 1.87. The van der Waals surface area contributed by atoms with E-state index >= 15 is 0 Å². The molecule has 1 aliphatic heterocycles. The third kappa shape index (κ3) is 2.36. The van der Waals surface area contributed by atoms with Gasteiger partial charge in [0.15, 0.2) is 0 Å². The van der Waals surface area contributed by atoms with Crippen LogP contribution < -0.4 is 5.46 Å². The highest BCUT2D eigenvalue weighted by atomic mass is 16.7. The average Bonchev–Trinajstić information content (AvgIpc) is 2.87. The van der Waals surface area contributed by atoms with E-state index in [4.69, 9.17) is 9.31 Å². The van der Waals surface area contributed by atoms with Crippen LogP contribution in [0.25, 0.3) is 11.3 Å². The van der Waals surface area contributed by atoms with E-state index in [-0.39, 0.29) is 18.3 Å². The number of hydrogen-bond acceptors (Lipinski definition) is 4. The van der Waals surface area contributed by atoms with Gasteiger partial charge in [0, 0.05) is 12.6 Å². The predicted octanol–water partition coefficient (Wildman–Crippen LogP) is 2.09. The van der Waals surface area contributed by atoms with Crippen molar-refractivity contribution in [2.24, 2.45) is 7.05 Å². The second-order valence-corrected chi connectivity index (χ2v) is 6.86. The number of hydrogen-bond donors (Lipinski definition) is 0. The minimum atomic E-state index is -0.329. The normalized spacial score (nSPS) is 19.6. The summed E-state index contributed by atoms with van der Waals surface area (Å²) in [7, 11) is 1.57. The molecule has 0 saturated carbocycles. The van der Waals surface area contributed by atoms with Gasteiger partial charge in [-0.1, -0.05) is 29.5 Å². The van der Waals surface area contributed by atoms with Gasteiger partial charge < -0.3 is 9.31 Å². The van der Waals surface area contributed by atoms with Crippen LogP contribution in [0.15, 0.2) is 24.3 Å². The maximum absolute atomic E-state index is 6.08. The van der Waals surface area contributed by atoms with Crippen molar-refractivity contribution in [1.29, 1.82) is 0 Å². The SMILES string of the molecule is Cc1nnn(C)c1-c1ccc(B2OC(C)(C)C(C)(C)O2)cc1. The molecule has 1 fully saturated rings. The molecule has 5 nitrogen and oxygen atoms in total. The van der Waals surface area contributed by atoms with Crippen molar-refractivity contribution in [2.45, 2.75) is 45.8 Å². The molecule has 1 aromatic carbocycles. The predicted molar refractivity (Wildman–Crippen MR) is 86.9 cm³/mol. The number of nitrogens with zero attached hydrogens (tertiary/aromatic N) is 3. The monoisotopic (exact) mass is 299 g/mol. The molecule has 0 spiro atoms. The number of aryl methyl sites for hydroxylation is 2. The molecule has 3 rings (SSSR count). The van der Waals surface area contributed by atoms with Crippen molar-refractivity contribution in [3.05, 3.63) is 30.0 Å². The Morgan fingerprint density at radius 1 is 1.00 bits per heavy atom. The zero-order chi connectivity index (χ0) is 16.1. The number of benzene rings is 1. The van der Waals surface area contributed by atoms with Gasteiger partial charge in [0.2, 0.25) is 0 Å². The van der Waals surface area contributed by atoms with Gasteiger partial charge in [-0.05, 0) is 40.1 Å². The summed E-state index contributed by atoms with van der Waals surface area (Å²) in [5.74, 6) is 0. The summed E-state index contributed by atoms with van der Waals surface area (Å²) in [6.07, 6.45) is 0. The molecule has 0 amide bonds. The first-order valence-electron chi connectivity index (χ1n) is 7.53. The fourth-order valence-corrected chi connectivity index (χ4v) is 2.63. The lowest BCUT2D eigenvalue weighted by Gasteiger charge is -2.32. The highest BCUT2D eigenvalue weighted by Gasteiger charge is 2.51. The van der Waals surface area contributed by atoms with E-state index in [0.717, 1.165) is 22.4 Å².